The van der Waals surface area contributed by atoms with Crippen LogP contribution in [0.4, 0.5) is 0 Å². The van der Waals surface area contributed by atoms with E-state index in [0.717, 1.165) is 5.69 Å². The molecule has 0 spiro atoms. The summed E-state index contributed by atoms with van der Waals surface area (Å²) in [6.07, 6.45) is -3.30. The second-order valence-corrected chi connectivity index (χ2v) is 7.87. The first kappa shape index (κ1) is 22.8. The monoisotopic (exact) mass is 478 g/mol. The maximum absolute atomic E-state index is 9.99. The highest BCUT2D eigenvalue weighted by molar-refractivity contribution is 5.80. The number of nitrogens with zero attached hydrogens (tertiary/aromatic N) is 5. The summed E-state index contributed by atoms with van der Waals surface area (Å²) < 4.78 is 13.5. The van der Waals surface area contributed by atoms with Crippen molar-refractivity contribution < 1.29 is 29.9 Å². The second-order valence-electron chi connectivity index (χ2n) is 7.87. The summed E-state index contributed by atoms with van der Waals surface area (Å²) in [6.45, 7) is 0. The van der Waals surface area contributed by atoms with E-state index < -0.39 is 30.9 Å². The fraction of sp³-hybridized carbons (Fsp3) is 0.217. The van der Waals surface area contributed by atoms with Gasteiger partial charge in [0.2, 0.25) is 6.29 Å². The first-order valence-electron chi connectivity index (χ1n) is 10.7. The molecule has 0 bridgehead atoms. The molecule has 0 radical (unpaired) electrons. The van der Waals surface area contributed by atoms with Crippen LogP contribution in [0.5, 0.6) is 5.75 Å². The number of fused-ring (bicyclic) bond motifs is 1. The van der Waals surface area contributed by atoms with Gasteiger partial charge in [-0.15, -0.1) is 0 Å². The zero-order chi connectivity index (χ0) is 24.5. The van der Waals surface area contributed by atoms with Crippen molar-refractivity contribution in [2.24, 2.45) is 5.10 Å². The number of hydrogen-bond donors (Lipinski definition) is 5. The molecule has 5 rings (SSSR count). The van der Waals surface area contributed by atoms with Gasteiger partial charge in [0.25, 0.3) is 0 Å². The Bertz CT molecular complexity index is 1400. The molecule has 5 N–H and O–H groups in total. The largest absolute Gasteiger partial charge is 0.462 e. The molecule has 2 aromatic heterocycles. The van der Waals surface area contributed by atoms with Crippen LogP contribution in [0.2, 0.25) is 0 Å². The van der Waals surface area contributed by atoms with E-state index in [1.165, 1.54) is 17.2 Å². The van der Waals surface area contributed by atoms with Gasteiger partial charge in [-0.2, -0.15) is 10.2 Å². The van der Waals surface area contributed by atoms with E-state index in [9.17, 15) is 20.4 Å². The van der Waals surface area contributed by atoms with Crippen LogP contribution in [-0.2, 0) is 4.74 Å². The van der Waals surface area contributed by atoms with E-state index in [-0.39, 0.29) is 5.49 Å². The van der Waals surface area contributed by atoms with Crippen LogP contribution in [-0.4, -0.2) is 77.0 Å². The molecule has 3 heterocycles. The third-order valence-corrected chi connectivity index (χ3v) is 5.53. The standard InChI is InChI=1S/C23H22N6O6/c24-20-16-11-27-29(14-4-2-1-3-5-14)21(16)25-12-28(20)26-10-13-6-8-15(9-7-13)34-23-19(32)17(30)18(31)22(33)35-23/h1-12,17-19,22-24,30-33H/b24-20?,26-10-. The van der Waals surface area contributed by atoms with Gasteiger partial charge < -0.3 is 29.9 Å². The molecule has 2 aromatic carbocycles. The third kappa shape index (κ3) is 4.43. The highest BCUT2D eigenvalue weighted by Crippen LogP contribution is 2.23. The molecular formula is C23H22N6O6. The van der Waals surface area contributed by atoms with Gasteiger partial charge in [0.1, 0.15) is 30.4 Å². The van der Waals surface area contributed by atoms with Crippen molar-refractivity contribution in [3.63, 3.8) is 0 Å². The third-order valence-electron chi connectivity index (χ3n) is 5.53. The lowest BCUT2D eigenvalue weighted by molar-refractivity contribution is -0.321. The van der Waals surface area contributed by atoms with Gasteiger partial charge in [-0.3, -0.25) is 5.41 Å². The molecule has 35 heavy (non-hydrogen) atoms. The van der Waals surface area contributed by atoms with Crippen molar-refractivity contribution in [1.82, 2.24) is 19.4 Å². The quantitative estimate of drug-likeness (QED) is 0.244. The topological polar surface area (TPSA) is 171 Å². The normalized spacial score (nSPS) is 24.7. The lowest BCUT2D eigenvalue weighted by Crippen LogP contribution is -2.59. The second kappa shape index (κ2) is 9.37. The predicted molar refractivity (Wildman–Crippen MR) is 122 cm³/mol. The number of aliphatic hydroxyl groups excluding tert-OH is 4. The van der Waals surface area contributed by atoms with Gasteiger partial charge >= 0.3 is 0 Å². The maximum atomic E-state index is 9.99. The van der Waals surface area contributed by atoms with Gasteiger partial charge in [0, 0.05) is 0 Å². The molecule has 180 valence electrons. The number of nitrogens with one attached hydrogen (secondary N) is 1. The predicted octanol–water partition coefficient (Wildman–Crippen LogP) is -0.280. The zero-order valence-electron chi connectivity index (χ0n) is 18.2. The van der Waals surface area contributed by atoms with Crippen LogP contribution in [0.25, 0.3) is 16.7 Å². The molecule has 12 nitrogen and oxygen atoms in total. The Morgan fingerprint density at radius 3 is 2.46 bits per heavy atom. The number of hydrogen-bond acceptors (Lipinski definition) is 10. The molecule has 1 aliphatic rings. The first-order valence-corrected chi connectivity index (χ1v) is 10.7. The molecule has 5 unspecified atom stereocenters. The molecule has 1 fully saturated rings. The molecule has 4 aromatic rings. The highest BCUT2D eigenvalue weighted by Gasteiger charge is 2.44. The van der Waals surface area contributed by atoms with E-state index in [1.54, 1.807) is 35.1 Å². The molecule has 0 amide bonds. The van der Waals surface area contributed by atoms with Crippen LogP contribution in [0, 0.1) is 5.41 Å². The fourth-order valence-electron chi connectivity index (χ4n) is 3.59. The SMILES string of the molecule is N=c1c2cnn(-c3ccccc3)c2ncn1/N=C\c1ccc(OC2OC(O)C(O)C(O)C2O)cc1. The molecule has 0 saturated carbocycles. The zero-order valence-corrected chi connectivity index (χ0v) is 18.2. The number of aliphatic hydroxyl groups is 4. The lowest BCUT2D eigenvalue weighted by Gasteiger charge is -2.37. The van der Waals surface area contributed by atoms with Crippen LogP contribution in [0.15, 0.2) is 72.2 Å². The molecule has 1 aliphatic heterocycles. The van der Waals surface area contributed by atoms with Crippen molar-refractivity contribution >= 4 is 17.2 Å². The Morgan fingerprint density at radius 2 is 1.71 bits per heavy atom. The lowest BCUT2D eigenvalue weighted by atomic mass is 10.0. The summed E-state index contributed by atoms with van der Waals surface area (Å²) in [5.74, 6) is 0.298. The van der Waals surface area contributed by atoms with Crippen LogP contribution < -0.4 is 10.2 Å². The Morgan fingerprint density at radius 1 is 0.971 bits per heavy atom. The summed E-state index contributed by atoms with van der Waals surface area (Å²) in [7, 11) is 0. The van der Waals surface area contributed by atoms with Gasteiger partial charge in [0.05, 0.1) is 23.5 Å². The van der Waals surface area contributed by atoms with Crippen LogP contribution in [0.1, 0.15) is 5.56 Å². The van der Waals surface area contributed by atoms with Crippen molar-refractivity contribution in [2.75, 3.05) is 0 Å². The van der Waals surface area contributed by atoms with E-state index in [1.807, 2.05) is 30.3 Å². The first-order chi connectivity index (χ1) is 16.9. The molecule has 1 saturated heterocycles. The van der Waals surface area contributed by atoms with E-state index in [4.69, 9.17) is 14.9 Å². The Hall–Kier alpha value is -3.94. The van der Waals surface area contributed by atoms with Crippen LogP contribution >= 0.6 is 0 Å². The van der Waals surface area contributed by atoms with Crippen LogP contribution in [0.3, 0.4) is 0 Å². The minimum Gasteiger partial charge on any atom is -0.462 e. The molecular weight excluding hydrogens is 456 g/mol. The average Bonchev–Trinajstić information content (AvgIpc) is 3.32. The van der Waals surface area contributed by atoms with E-state index >= 15 is 0 Å². The highest BCUT2D eigenvalue weighted by atomic mass is 16.7. The summed E-state index contributed by atoms with van der Waals surface area (Å²) in [5.41, 5.74) is 2.19. The van der Waals surface area contributed by atoms with Gasteiger partial charge in [-0.25, -0.2) is 14.3 Å². The number of aromatic nitrogens is 4. The maximum Gasteiger partial charge on any atom is 0.231 e. The Balaban J connectivity index is 1.31. The Labute approximate surface area is 198 Å². The van der Waals surface area contributed by atoms with Gasteiger partial charge in [-0.1, -0.05) is 18.2 Å². The summed E-state index contributed by atoms with van der Waals surface area (Å²) >= 11 is 0. The number of ether oxygens (including phenoxy) is 2. The smallest absolute Gasteiger partial charge is 0.231 e. The fourth-order valence-corrected chi connectivity index (χ4v) is 3.59. The van der Waals surface area contributed by atoms with E-state index in [0.29, 0.717) is 22.3 Å². The average molecular weight is 478 g/mol. The number of benzene rings is 2. The Kier molecular flexibility index (Phi) is 6.11. The minimum atomic E-state index is -1.69. The number of para-hydroxylation sites is 1. The molecule has 12 heteroatoms. The van der Waals surface area contributed by atoms with Gasteiger partial charge in [0.15, 0.2) is 17.4 Å². The summed E-state index contributed by atoms with van der Waals surface area (Å²) in [5, 5.41) is 56.6. The number of rotatable bonds is 5. The minimum absolute atomic E-state index is 0.121. The molecule has 5 atom stereocenters. The summed E-state index contributed by atoms with van der Waals surface area (Å²) in [6, 6.07) is 16.0. The molecule has 0 aliphatic carbocycles. The van der Waals surface area contributed by atoms with Crippen molar-refractivity contribution in [2.45, 2.75) is 30.9 Å². The van der Waals surface area contributed by atoms with Crippen molar-refractivity contribution in [3.8, 4) is 11.4 Å². The summed E-state index contributed by atoms with van der Waals surface area (Å²) in [4.78, 5) is 4.41. The van der Waals surface area contributed by atoms with Gasteiger partial charge in [-0.05, 0) is 42.0 Å². The van der Waals surface area contributed by atoms with E-state index in [2.05, 4.69) is 15.2 Å². The van der Waals surface area contributed by atoms with Crippen molar-refractivity contribution in [3.05, 3.63) is 78.2 Å². The van der Waals surface area contributed by atoms with Crippen molar-refractivity contribution in [1.29, 1.82) is 5.41 Å².